The van der Waals surface area contributed by atoms with Gasteiger partial charge in [0.25, 0.3) is 11.1 Å². The maximum absolute atomic E-state index is 13.9. The summed E-state index contributed by atoms with van der Waals surface area (Å²) < 4.78 is 26.0. The summed E-state index contributed by atoms with van der Waals surface area (Å²) in [6, 6.07) is 17.0. The second kappa shape index (κ2) is 10.8. The molecular weight excluding hydrogens is 592 g/mol. The molecule has 0 N–H and O–H groups in total. The molecule has 9 heteroatoms. The van der Waals surface area contributed by atoms with Gasteiger partial charge in [-0.3, -0.25) is 14.5 Å². The number of ether oxygens (including phenoxy) is 2. The number of rotatable bonds is 7. The van der Waals surface area contributed by atoms with Gasteiger partial charge in [0.05, 0.1) is 22.1 Å². The molecule has 3 aromatic carbocycles. The highest BCUT2D eigenvalue weighted by Gasteiger charge is 2.35. The minimum atomic E-state index is -0.385. The van der Waals surface area contributed by atoms with Crippen LogP contribution in [0.2, 0.25) is 5.02 Å². The zero-order valence-electron chi connectivity index (χ0n) is 17.9. The number of hydrogen-bond donors (Lipinski definition) is 0. The fraction of sp³-hybridized carbons (Fsp3) is 0.120. The number of nitrogens with zero attached hydrogens (tertiary/aromatic N) is 1. The summed E-state index contributed by atoms with van der Waals surface area (Å²) in [6.07, 6.45) is 1.64. The van der Waals surface area contributed by atoms with E-state index in [-0.39, 0.29) is 30.1 Å². The van der Waals surface area contributed by atoms with Crippen molar-refractivity contribution < 1.29 is 23.5 Å². The van der Waals surface area contributed by atoms with Gasteiger partial charge in [-0.1, -0.05) is 48.0 Å². The van der Waals surface area contributed by atoms with Gasteiger partial charge in [-0.25, -0.2) is 4.39 Å². The first-order valence-electron chi connectivity index (χ1n) is 10.1. The topological polar surface area (TPSA) is 55.8 Å². The van der Waals surface area contributed by atoms with Crippen LogP contribution in [0.25, 0.3) is 6.08 Å². The number of methoxy groups -OCH3 is 1. The van der Waals surface area contributed by atoms with Crippen LogP contribution in [0.3, 0.4) is 0 Å². The lowest BCUT2D eigenvalue weighted by Crippen LogP contribution is -2.27. The van der Waals surface area contributed by atoms with Crippen molar-refractivity contribution in [2.45, 2.75) is 13.2 Å². The van der Waals surface area contributed by atoms with E-state index in [0.717, 1.165) is 15.3 Å². The highest BCUT2D eigenvalue weighted by molar-refractivity contribution is 14.1. The van der Waals surface area contributed by atoms with Crippen LogP contribution < -0.4 is 9.47 Å². The third kappa shape index (κ3) is 5.39. The lowest BCUT2D eigenvalue weighted by molar-refractivity contribution is -0.123. The van der Waals surface area contributed by atoms with Gasteiger partial charge in [-0.15, -0.1) is 0 Å². The first kappa shape index (κ1) is 24.6. The first-order chi connectivity index (χ1) is 16.4. The van der Waals surface area contributed by atoms with Crippen LogP contribution >= 0.6 is 46.0 Å². The van der Waals surface area contributed by atoms with Crippen molar-refractivity contribution in [2.75, 3.05) is 7.11 Å². The predicted octanol–water partition coefficient (Wildman–Crippen LogP) is 6.91. The molecule has 1 aliphatic heterocycles. The van der Waals surface area contributed by atoms with Crippen LogP contribution in [0, 0.1) is 9.39 Å². The largest absolute Gasteiger partial charge is 0.493 e. The Bertz CT molecular complexity index is 1300. The molecule has 0 radical (unpaired) electrons. The highest BCUT2D eigenvalue weighted by atomic mass is 127. The highest BCUT2D eigenvalue weighted by Crippen LogP contribution is 2.38. The normalized spacial score (nSPS) is 14.7. The van der Waals surface area contributed by atoms with Gasteiger partial charge < -0.3 is 9.47 Å². The number of hydrogen-bond acceptors (Lipinski definition) is 5. The Morgan fingerprint density at radius 1 is 1.09 bits per heavy atom. The maximum atomic E-state index is 13.9. The molecule has 0 aliphatic carbocycles. The Morgan fingerprint density at radius 3 is 2.50 bits per heavy atom. The number of imide groups is 1. The number of halogens is 3. The molecule has 1 fully saturated rings. The van der Waals surface area contributed by atoms with Gasteiger partial charge in [0.15, 0.2) is 11.5 Å². The molecule has 1 saturated heterocycles. The minimum absolute atomic E-state index is 0.0410. The Hall–Kier alpha value is -2.56. The van der Waals surface area contributed by atoms with Crippen LogP contribution in [-0.4, -0.2) is 23.2 Å². The van der Waals surface area contributed by atoms with Crippen molar-refractivity contribution in [2.24, 2.45) is 0 Å². The van der Waals surface area contributed by atoms with Gasteiger partial charge in [0, 0.05) is 10.6 Å². The van der Waals surface area contributed by atoms with E-state index in [9.17, 15) is 14.0 Å². The Balaban J connectivity index is 1.55. The van der Waals surface area contributed by atoms with Gasteiger partial charge >= 0.3 is 0 Å². The molecule has 2 amide bonds. The van der Waals surface area contributed by atoms with Crippen molar-refractivity contribution in [3.63, 3.8) is 0 Å². The quantitative estimate of drug-likeness (QED) is 0.215. The molecule has 3 aromatic rings. The monoisotopic (exact) mass is 609 g/mol. The van der Waals surface area contributed by atoms with Crippen LogP contribution in [0.5, 0.6) is 11.5 Å². The lowest BCUT2D eigenvalue weighted by atomic mass is 10.1. The minimum Gasteiger partial charge on any atom is -0.493 e. The summed E-state index contributed by atoms with van der Waals surface area (Å²) in [7, 11) is 1.50. The maximum Gasteiger partial charge on any atom is 0.293 e. The van der Waals surface area contributed by atoms with Crippen molar-refractivity contribution in [3.8, 4) is 11.5 Å². The van der Waals surface area contributed by atoms with Crippen molar-refractivity contribution >= 4 is 63.2 Å². The van der Waals surface area contributed by atoms with Crippen LogP contribution in [0.15, 0.2) is 65.6 Å². The van der Waals surface area contributed by atoms with E-state index in [1.165, 1.54) is 18.1 Å². The van der Waals surface area contributed by atoms with E-state index in [2.05, 4.69) is 22.6 Å². The molecule has 0 bridgehead atoms. The van der Waals surface area contributed by atoms with E-state index in [1.807, 2.05) is 6.07 Å². The molecule has 4 rings (SSSR count). The number of carbonyl (C=O) groups excluding carboxylic acids is 2. The molecule has 0 saturated carbocycles. The average molecular weight is 610 g/mol. The number of benzene rings is 3. The molecule has 0 spiro atoms. The van der Waals surface area contributed by atoms with E-state index in [1.54, 1.807) is 54.6 Å². The third-order valence-electron chi connectivity index (χ3n) is 5.04. The molecule has 0 atom stereocenters. The molecular formula is C25H18ClFINO4S. The fourth-order valence-electron chi connectivity index (χ4n) is 3.31. The van der Waals surface area contributed by atoms with E-state index in [4.69, 9.17) is 21.1 Å². The summed E-state index contributed by atoms with van der Waals surface area (Å²) in [5.41, 5.74) is 1.79. The molecule has 5 nitrogen and oxygen atoms in total. The van der Waals surface area contributed by atoms with E-state index < -0.39 is 0 Å². The van der Waals surface area contributed by atoms with Crippen LogP contribution in [-0.2, 0) is 17.9 Å². The molecule has 0 unspecified atom stereocenters. The Labute approximate surface area is 219 Å². The number of amides is 2. The number of thioether (sulfide) groups is 1. The van der Waals surface area contributed by atoms with Gasteiger partial charge in [-0.05, 0) is 75.8 Å². The fourth-order valence-corrected chi connectivity index (χ4v) is 5.13. The Kier molecular flexibility index (Phi) is 7.80. The third-order valence-corrected chi connectivity index (χ3v) is 7.12. The number of carbonyl (C=O) groups is 2. The molecule has 0 aromatic heterocycles. The van der Waals surface area contributed by atoms with Crippen molar-refractivity contribution in [1.82, 2.24) is 4.90 Å². The SMILES string of the molecule is COc1cc(/C=C2\SC(=O)N(Cc3ccccc3Cl)C2=O)cc(I)c1OCc1ccccc1F. The van der Waals surface area contributed by atoms with Crippen molar-refractivity contribution in [1.29, 1.82) is 0 Å². The van der Waals surface area contributed by atoms with E-state index >= 15 is 0 Å². The second-order valence-electron chi connectivity index (χ2n) is 7.27. The van der Waals surface area contributed by atoms with E-state index in [0.29, 0.717) is 38.1 Å². The summed E-state index contributed by atoms with van der Waals surface area (Å²) in [5, 5.41) is 0.137. The smallest absolute Gasteiger partial charge is 0.293 e. The summed E-state index contributed by atoms with van der Waals surface area (Å²) in [5.74, 6) is 0.171. The van der Waals surface area contributed by atoms with Gasteiger partial charge in [0.1, 0.15) is 12.4 Å². The van der Waals surface area contributed by atoms with Gasteiger partial charge in [-0.2, -0.15) is 0 Å². The Morgan fingerprint density at radius 2 is 1.79 bits per heavy atom. The predicted molar refractivity (Wildman–Crippen MR) is 139 cm³/mol. The molecule has 1 aliphatic rings. The van der Waals surface area contributed by atoms with Crippen molar-refractivity contribution in [3.05, 3.63) is 96.7 Å². The lowest BCUT2D eigenvalue weighted by Gasteiger charge is -2.14. The summed E-state index contributed by atoms with van der Waals surface area (Å²) >= 11 is 9.15. The first-order valence-corrected chi connectivity index (χ1v) is 12.4. The zero-order chi connectivity index (χ0) is 24.2. The van der Waals surface area contributed by atoms with Gasteiger partial charge in [0.2, 0.25) is 0 Å². The molecule has 174 valence electrons. The standard InChI is InChI=1S/C25H18ClFINO4S/c1-32-21-11-15(10-20(28)23(21)33-14-17-7-3-5-9-19(17)27)12-22-24(30)29(25(31)34-22)13-16-6-2-4-8-18(16)26/h2-12H,13-14H2,1H3/b22-12-. The second-order valence-corrected chi connectivity index (χ2v) is 9.84. The summed E-state index contributed by atoms with van der Waals surface area (Å²) in [4.78, 5) is 26.9. The molecule has 1 heterocycles. The zero-order valence-corrected chi connectivity index (χ0v) is 21.6. The van der Waals surface area contributed by atoms with Crippen LogP contribution in [0.1, 0.15) is 16.7 Å². The van der Waals surface area contributed by atoms with Crippen LogP contribution in [0.4, 0.5) is 9.18 Å². The molecule has 34 heavy (non-hydrogen) atoms. The summed E-state index contributed by atoms with van der Waals surface area (Å²) in [6.45, 7) is 0.144. The average Bonchev–Trinajstić information content (AvgIpc) is 3.07.